The maximum atomic E-state index is 9.89. The van der Waals surface area contributed by atoms with Crippen LogP contribution in [-0.2, 0) is 0 Å². The molecule has 116 valence electrons. The number of aliphatic hydroxyl groups is 1. The molecule has 1 aliphatic heterocycles. The number of benzene rings is 1. The highest BCUT2D eigenvalue weighted by atomic mass is 16.3. The molecule has 5 heteroatoms. The van der Waals surface area contributed by atoms with Gasteiger partial charge in [-0.3, -0.25) is 0 Å². The predicted octanol–water partition coefficient (Wildman–Crippen LogP) is 2.23. The van der Waals surface area contributed by atoms with Gasteiger partial charge in [0.05, 0.1) is 17.8 Å². The van der Waals surface area contributed by atoms with Crippen molar-refractivity contribution < 1.29 is 5.11 Å². The lowest BCUT2D eigenvalue weighted by atomic mass is 9.88. The Morgan fingerprint density at radius 2 is 1.82 bits per heavy atom. The molecule has 2 aromatic rings. The van der Waals surface area contributed by atoms with Gasteiger partial charge < -0.3 is 15.3 Å². The third-order valence-corrected chi connectivity index (χ3v) is 4.31. The second kappa shape index (κ2) is 6.32. The summed E-state index contributed by atoms with van der Waals surface area (Å²) in [7, 11) is 0. The first-order valence-electron chi connectivity index (χ1n) is 7.70. The van der Waals surface area contributed by atoms with Crippen LogP contribution in [0.1, 0.15) is 18.5 Å². The summed E-state index contributed by atoms with van der Waals surface area (Å²) in [4.78, 5) is 2.23. The number of hydrogen-bond acceptors (Lipinski definition) is 5. The van der Waals surface area contributed by atoms with Gasteiger partial charge in [-0.15, -0.1) is 5.10 Å². The number of nitrogens with one attached hydrogen (secondary N) is 1. The molecule has 1 aromatic carbocycles. The van der Waals surface area contributed by atoms with Gasteiger partial charge in [-0.1, -0.05) is 18.2 Å². The van der Waals surface area contributed by atoms with Crippen molar-refractivity contribution in [3.8, 4) is 0 Å². The zero-order valence-corrected chi connectivity index (χ0v) is 12.9. The first-order valence-corrected chi connectivity index (χ1v) is 7.70. The van der Waals surface area contributed by atoms with Gasteiger partial charge in [0.2, 0.25) is 0 Å². The van der Waals surface area contributed by atoms with E-state index in [1.54, 1.807) is 0 Å². The maximum absolute atomic E-state index is 9.89. The van der Waals surface area contributed by atoms with Crippen LogP contribution in [-0.4, -0.2) is 40.5 Å². The zero-order chi connectivity index (χ0) is 15.4. The van der Waals surface area contributed by atoms with E-state index in [9.17, 15) is 5.11 Å². The third-order valence-electron chi connectivity index (χ3n) is 4.31. The van der Waals surface area contributed by atoms with Gasteiger partial charge in [0.1, 0.15) is 0 Å². The molecule has 1 fully saturated rings. The topological polar surface area (TPSA) is 61.3 Å². The van der Waals surface area contributed by atoms with Crippen molar-refractivity contribution in [2.75, 3.05) is 29.9 Å². The van der Waals surface area contributed by atoms with Crippen molar-refractivity contribution >= 4 is 11.5 Å². The third kappa shape index (κ3) is 3.20. The maximum Gasteiger partial charge on any atom is 0.151 e. The molecular formula is C17H22N4O. The van der Waals surface area contributed by atoms with Gasteiger partial charge in [-0.25, -0.2) is 0 Å². The number of anilines is 2. The van der Waals surface area contributed by atoms with E-state index < -0.39 is 0 Å². The number of aromatic nitrogens is 2. The fourth-order valence-corrected chi connectivity index (χ4v) is 2.87. The molecule has 0 bridgehead atoms. The first-order chi connectivity index (χ1) is 10.7. The normalized spacial score (nSPS) is 17.3. The molecule has 0 saturated carbocycles. The second-order valence-electron chi connectivity index (χ2n) is 5.95. The van der Waals surface area contributed by atoms with E-state index in [-0.39, 0.29) is 12.1 Å². The highest BCUT2D eigenvalue weighted by Crippen LogP contribution is 2.28. The van der Waals surface area contributed by atoms with Crippen LogP contribution in [0, 0.1) is 6.92 Å². The van der Waals surface area contributed by atoms with Crippen LogP contribution in [0.5, 0.6) is 0 Å². The largest absolute Gasteiger partial charge is 0.394 e. The molecular weight excluding hydrogens is 276 g/mol. The Kier molecular flexibility index (Phi) is 4.24. The molecule has 0 aliphatic carbocycles. The van der Waals surface area contributed by atoms with Crippen molar-refractivity contribution in [1.82, 2.24) is 10.2 Å². The summed E-state index contributed by atoms with van der Waals surface area (Å²) in [6.45, 7) is 3.79. The lowest BCUT2D eigenvalue weighted by molar-refractivity contribution is 0.185. The van der Waals surface area contributed by atoms with E-state index in [1.807, 2.05) is 49.4 Å². The van der Waals surface area contributed by atoms with E-state index in [2.05, 4.69) is 20.4 Å². The zero-order valence-electron chi connectivity index (χ0n) is 12.9. The Bertz CT molecular complexity index is 592. The summed E-state index contributed by atoms with van der Waals surface area (Å²) in [6, 6.07) is 14.1. The van der Waals surface area contributed by atoms with E-state index in [0.29, 0.717) is 0 Å². The Morgan fingerprint density at radius 1 is 1.09 bits per heavy atom. The van der Waals surface area contributed by atoms with Crippen LogP contribution in [0.4, 0.5) is 11.5 Å². The molecule has 0 radical (unpaired) electrons. The quantitative estimate of drug-likeness (QED) is 0.906. The molecule has 1 saturated heterocycles. The molecule has 1 aromatic heterocycles. The van der Waals surface area contributed by atoms with Crippen LogP contribution in [0.15, 0.2) is 42.5 Å². The van der Waals surface area contributed by atoms with Gasteiger partial charge >= 0.3 is 0 Å². The first kappa shape index (κ1) is 14.8. The summed E-state index contributed by atoms with van der Waals surface area (Å²) in [5, 5.41) is 21.8. The summed E-state index contributed by atoms with van der Waals surface area (Å²) in [5.74, 6) is 0.914. The highest BCUT2D eigenvalue weighted by molar-refractivity contribution is 5.46. The van der Waals surface area contributed by atoms with Crippen LogP contribution in [0.25, 0.3) is 0 Å². The molecule has 0 amide bonds. The number of nitrogens with zero attached hydrogens (tertiary/aromatic N) is 3. The van der Waals surface area contributed by atoms with Gasteiger partial charge in [0.15, 0.2) is 5.82 Å². The predicted molar refractivity (Wildman–Crippen MR) is 88.1 cm³/mol. The fraction of sp³-hybridized carbons (Fsp3) is 0.412. The monoisotopic (exact) mass is 298 g/mol. The molecule has 1 aliphatic rings. The number of aryl methyl sites for hydroxylation is 1. The van der Waals surface area contributed by atoms with Crippen LogP contribution >= 0.6 is 0 Å². The smallest absolute Gasteiger partial charge is 0.151 e. The molecule has 2 heterocycles. The Labute approximate surface area is 131 Å². The van der Waals surface area contributed by atoms with Crippen molar-refractivity contribution in [3.05, 3.63) is 48.2 Å². The van der Waals surface area contributed by atoms with Crippen LogP contribution in [0.3, 0.4) is 0 Å². The molecule has 0 spiro atoms. The summed E-state index contributed by atoms with van der Waals surface area (Å²) in [5.41, 5.74) is 1.73. The number of hydrogen-bond donors (Lipinski definition) is 2. The second-order valence-corrected chi connectivity index (χ2v) is 5.95. The molecule has 2 N–H and O–H groups in total. The molecule has 22 heavy (non-hydrogen) atoms. The van der Waals surface area contributed by atoms with Gasteiger partial charge in [-0.2, -0.15) is 5.10 Å². The molecule has 5 nitrogen and oxygen atoms in total. The molecule has 3 rings (SSSR count). The number of rotatable bonds is 4. The number of para-hydroxylation sites is 1. The summed E-state index contributed by atoms with van der Waals surface area (Å²) in [6.07, 6.45) is 1.74. The van der Waals surface area contributed by atoms with E-state index >= 15 is 0 Å². The van der Waals surface area contributed by atoms with Crippen LogP contribution in [0.2, 0.25) is 0 Å². The van der Waals surface area contributed by atoms with Gasteiger partial charge in [-0.05, 0) is 44.0 Å². The standard InChI is InChI=1S/C17H22N4O/c1-14-7-8-16(20-19-14)21-11-9-17(13-22,10-12-21)18-15-5-3-2-4-6-15/h2-8,18,22H,9-13H2,1H3. The lowest BCUT2D eigenvalue weighted by Gasteiger charge is -2.42. The fourth-order valence-electron chi connectivity index (χ4n) is 2.87. The van der Waals surface area contributed by atoms with Crippen molar-refractivity contribution in [2.45, 2.75) is 25.3 Å². The van der Waals surface area contributed by atoms with E-state index in [0.717, 1.165) is 43.1 Å². The Morgan fingerprint density at radius 3 is 2.41 bits per heavy atom. The average molecular weight is 298 g/mol. The Hall–Kier alpha value is -2.14. The van der Waals surface area contributed by atoms with Crippen molar-refractivity contribution in [3.63, 3.8) is 0 Å². The Balaban J connectivity index is 1.67. The number of piperidine rings is 1. The van der Waals surface area contributed by atoms with E-state index in [4.69, 9.17) is 0 Å². The SMILES string of the molecule is Cc1ccc(N2CCC(CO)(Nc3ccccc3)CC2)nn1. The lowest BCUT2D eigenvalue weighted by Crippen LogP contribution is -2.52. The average Bonchev–Trinajstić information content (AvgIpc) is 2.57. The van der Waals surface area contributed by atoms with Crippen molar-refractivity contribution in [1.29, 1.82) is 0 Å². The summed E-state index contributed by atoms with van der Waals surface area (Å²) < 4.78 is 0. The minimum Gasteiger partial charge on any atom is -0.394 e. The van der Waals surface area contributed by atoms with E-state index in [1.165, 1.54) is 0 Å². The minimum atomic E-state index is -0.254. The summed E-state index contributed by atoms with van der Waals surface area (Å²) >= 11 is 0. The van der Waals surface area contributed by atoms with Crippen molar-refractivity contribution in [2.24, 2.45) is 0 Å². The minimum absolute atomic E-state index is 0.134. The number of aliphatic hydroxyl groups excluding tert-OH is 1. The van der Waals surface area contributed by atoms with Gasteiger partial charge in [0, 0.05) is 18.8 Å². The van der Waals surface area contributed by atoms with Gasteiger partial charge in [0.25, 0.3) is 0 Å². The highest BCUT2D eigenvalue weighted by Gasteiger charge is 2.34. The molecule has 0 atom stereocenters. The van der Waals surface area contributed by atoms with Crippen LogP contribution < -0.4 is 10.2 Å². The molecule has 0 unspecified atom stereocenters.